The summed E-state index contributed by atoms with van der Waals surface area (Å²) in [4.78, 5) is 4.38. The first-order valence-electron chi connectivity index (χ1n) is 8.69. The van der Waals surface area contributed by atoms with E-state index in [0.29, 0.717) is 5.92 Å². The Kier molecular flexibility index (Phi) is 6.11. The molecular weight excluding hydrogens is 322 g/mol. The van der Waals surface area contributed by atoms with Gasteiger partial charge in [0.1, 0.15) is 5.75 Å². The summed E-state index contributed by atoms with van der Waals surface area (Å²) >= 11 is 6.10. The maximum absolute atomic E-state index is 9.73. The van der Waals surface area contributed by atoms with Crippen LogP contribution in [0.15, 0.2) is 42.6 Å². The van der Waals surface area contributed by atoms with Crippen molar-refractivity contribution in [2.24, 2.45) is 5.92 Å². The van der Waals surface area contributed by atoms with Gasteiger partial charge in [-0.1, -0.05) is 23.7 Å². The molecule has 24 heavy (non-hydrogen) atoms. The van der Waals surface area contributed by atoms with Gasteiger partial charge in [0, 0.05) is 23.5 Å². The second-order valence-electron chi connectivity index (χ2n) is 6.52. The molecule has 0 fully saturated rings. The summed E-state index contributed by atoms with van der Waals surface area (Å²) in [6.45, 7) is 0.953. The van der Waals surface area contributed by atoms with Gasteiger partial charge in [0.15, 0.2) is 0 Å². The zero-order chi connectivity index (χ0) is 16.8. The van der Waals surface area contributed by atoms with Crippen LogP contribution in [0.2, 0.25) is 5.02 Å². The fourth-order valence-electron chi connectivity index (χ4n) is 3.45. The highest BCUT2D eigenvalue weighted by Crippen LogP contribution is 2.38. The Bertz CT molecular complexity index is 647. The molecular formula is C20H24ClNO2. The standard InChI is InChI=1S/C20H24ClNO2/c21-17-8-9-19-16(4-3-11-24-20(19)13-17)7-6-15(14-23)12-18-5-1-2-10-22-18/h1-2,5,8-10,13,15-16,23H,3-4,6-7,11-12,14H2. The van der Waals surface area contributed by atoms with Crippen LogP contribution < -0.4 is 4.74 Å². The zero-order valence-corrected chi connectivity index (χ0v) is 14.6. The average molecular weight is 346 g/mol. The fraction of sp³-hybridized carbons (Fsp3) is 0.450. The molecule has 2 heterocycles. The van der Waals surface area contributed by atoms with E-state index in [1.807, 2.05) is 36.5 Å². The quantitative estimate of drug-likeness (QED) is 0.830. The third-order valence-corrected chi connectivity index (χ3v) is 5.01. The summed E-state index contributed by atoms with van der Waals surface area (Å²) in [6.07, 6.45) is 6.85. The molecule has 1 aromatic heterocycles. The lowest BCUT2D eigenvalue weighted by molar-refractivity contribution is 0.211. The van der Waals surface area contributed by atoms with Gasteiger partial charge in [-0.25, -0.2) is 0 Å². The van der Waals surface area contributed by atoms with E-state index in [9.17, 15) is 5.11 Å². The molecule has 1 N–H and O–H groups in total. The minimum Gasteiger partial charge on any atom is -0.493 e. The van der Waals surface area contributed by atoms with E-state index in [2.05, 4.69) is 11.1 Å². The summed E-state index contributed by atoms with van der Waals surface area (Å²) in [6, 6.07) is 11.9. The Morgan fingerprint density at radius 2 is 2.21 bits per heavy atom. The summed E-state index contributed by atoms with van der Waals surface area (Å²) < 4.78 is 5.84. The van der Waals surface area contributed by atoms with Crippen molar-refractivity contribution in [1.29, 1.82) is 0 Å². The van der Waals surface area contributed by atoms with Crippen molar-refractivity contribution in [3.8, 4) is 5.75 Å². The molecule has 4 heteroatoms. The number of ether oxygens (including phenoxy) is 1. The maximum atomic E-state index is 9.73. The van der Waals surface area contributed by atoms with Crippen molar-refractivity contribution in [3.63, 3.8) is 0 Å². The maximum Gasteiger partial charge on any atom is 0.124 e. The summed E-state index contributed by atoms with van der Waals surface area (Å²) in [5, 5.41) is 10.5. The first kappa shape index (κ1) is 17.2. The van der Waals surface area contributed by atoms with Gasteiger partial charge in [0.25, 0.3) is 0 Å². The molecule has 0 spiro atoms. The molecule has 0 radical (unpaired) electrons. The SMILES string of the molecule is OCC(CCC1CCCOc2cc(Cl)ccc21)Cc1ccccn1. The fourth-order valence-corrected chi connectivity index (χ4v) is 3.61. The van der Waals surface area contributed by atoms with Gasteiger partial charge in [-0.2, -0.15) is 0 Å². The molecule has 128 valence electrons. The van der Waals surface area contributed by atoms with Crippen LogP contribution in [-0.2, 0) is 6.42 Å². The van der Waals surface area contributed by atoms with E-state index >= 15 is 0 Å². The molecule has 1 aliphatic rings. The van der Waals surface area contributed by atoms with E-state index in [0.717, 1.165) is 55.2 Å². The Balaban J connectivity index is 1.65. The number of aromatic nitrogens is 1. The number of rotatable bonds is 6. The van der Waals surface area contributed by atoms with Crippen LogP contribution >= 0.6 is 11.6 Å². The van der Waals surface area contributed by atoms with Crippen molar-refractivity contribution in [2.75, 3.05) is 13.2 Å². The second-order valence-corrected chi connectivity index (χ2v) is 6.96. The third kappa shape index (κ3) is 4.49. The second kappa shape index (κ2) is 8.50. The summed E-state index contributed by atoms with van der Waals surface area (Å²) in [5.74, 6) is 1.65. The lowest BCUT2D eigenvalue weighted by atomic mass is 9.86. The Morgan fingerprint density at radius 3 is 3.00 bits per heavy atom. The molecule has 0 bridgehead atoms. The first-order valence-corrected chi connectivity index (χ1v) is 9.07. The number of nitrogens with zero attached hydrogens (tertiary/aromatic N) is 1. The number of benzene rings is 1. The van der Waals surface area contributed by atoms with Crippen molar-refractivity contribution in [2.45, 2.75) is 38.0 Å². The molecule has 0 aliphatic carbocycles. The zero-order valence-electron chi connectivity index (χ0n) is 13.8. The van der Waals surface area contributed by atoms with Crippen LogP contribution in [0.25, 0.3) is 0 Å². The van der Waals surface area contributed by atoms with E-state index in [1.54, 1.807) is 0 Å². The minimum absolute atomic E-state index is 0.202. The molecule has 0 amide bonds. The van der Waals surface area contributed by atoms with Gasteiger partial charge in [0.2, 0.25) is 0 Å². The van der Waals surface area contributed by atoms with Gasteiger partial charge >= 0.3 is 0 Å². The Hall–Kier alpha value is -1.58. The minimum atomic E-state index is 0.202. The van der Waals surface area contributed by atoms with Gasteiger partial charge in [-0.15, -0.1) is 0 Å². The highest BCUT2D eigenvalue weighted by Gasteiger charge is 2.21. The van der Waals surface area contributed by atoms with Crippen LogP contribution in [0, 0.1) is 5.92 Å². The number of halogens is 1. The lowest BCUT2D eigenvalue weighted by Crippen LogP contribution is -2.12. The molecule has 0 saturated heterocycles. The molecule has 2 atom stereocenters. The molecule has 0 saturated carbocycles. The number of hydrogen-bond donors (Lipinski definition) is 1. The molecule has 2 unspecified atom stereocenters. The van der Waals surface area contributed by atoms with Crippen LogP contribution in [-0.4, -0.2) is 23.3 Å². The Morgan fingerprint density at radius 1 is 1.29 bits per heavy atom. The van der Waals surface area contributed by atoms with Crippen molar-refractivity contribution in [1.82, 2.24) is 4.98 Å². The van der Waals surface area contributed by atoms with E-state index in [-0.39, 0.29) is 12.5 Å². The van der Waals surface area contributed by atoms with E-state index in [1.165, 1.54) is 5.56 Å². The molecule has 3 rings (SSSR count). The molecule has 2 aromatic rings. The normalized spacial score (nSPS) is 18.3. The van der Waals surface area contributed by atoms with Crippen LogP contribution in [0.5, 0.6) is 5.75 Å². The first-order chi connectivity index (χ1) is 11.8. The van der Waals surface area contributed by atoms with Gasteiger partial charge in [-0.3, -0.25) is 4.98 Å². The predicted octanol–water partition coefficient (Wildman–Crippen LogP) is 4.62. The van der Waals surface area contributed by atoms with Crippen molar-refractivity contribution >= 4 is 11.6 Å². The number of pyridine rings is 1. The average Bonchev–Trinajstić information content (AvgIpc) is 2.81. The van der Waals surface area contributed by atoms with Crippen LogP contribution in [0.1, 0.15) is 42.9 Å². The highest BCUT2D eigenvalue weighted by atomic mass is 35.5. The third-order valence-electron chi connectivity index (χ3n) is 4.78. The number of fused-ring (bicyclic) bond motifs is 1. The molecule has 3 nitrogen and oxygen atoms in total. The number of aliphatic hydroxyl groups excluding tert-OH is 1. The monoisotopic (exact) mass is 345 g/mol. The van der Waals surface area contributed by atoms with Gasteiger partial charge in [-0.05, 0) is 73.8 Å². The van der Waals surface area contributed by atoms with Crippen molar-refractivity contribution < 1.29 is 9.84 Å². The van der Waals surface area contributed by atoms with E-state index < -0.39 is 0 Å². The van der Waals surface area contributed by atoms with Crippen LogP contribution in [0.3, 0.4) is 0 Å². The van der Waals surface area contributed by atoms with Gasteiger partial charge in [0.05, 0.1) is 6.61 Å². The molecule has 1 aromatic carbocycles. The number of hydrogen-bond acceptors (Lipinski definition) is 3. The van der Waals surface area contributed by atoms with Gasteiger partial charge < -0.3 is 9.84 Å². The van der Waals surface area contributed by atoms with Crippen molar-refractivity contribution in [3.05, 3.63) is 58.9 Å². The smallest absolute Gasteiger partial charge is 0.124 e. The summed E-state index contributed by atoms with van der Waals surface area (Å²) in [7, 11) is 0. The lowest BCUT2D eigenvalue weighted by Gasteiger charge is -2.20. The van der Waals surface area contributed by atoms with E-state index in [4.69, 9.17) is 16.3 Å². The topological polar surface area (TPSA) is 42.4 Å². The Labute approximate surface area is 148 Å². The summed E-state index contributed by atoms with van der Waals surface area (Å²) in [5.41, 5.74) is 2.30. The predicted molar refractivity (Wildman–Crippen MR) is 96.7 cm³/mol. The largest absolute Gasteiger partial charge is 0.493 e. The molecule has 1 aliphatic heterocycles. The number of aliphatic hydroxyl groups is 1. The van der Waals surface area contributed by atoms with Crippen LogP contribution in [0.4, 0.5) is 0 Å². The highest BCUT2D eigenvalue weighted by molar-refractivity contribution is 6.30.